The van der Waals surface area contributed by atoms with Crippen LogP contribution < -0.4 is 4.74 Å². The summed E-state index contributed by atoms with van der Waals surface area (Å²) in [6.45, 7) is -0.514. The minimum Gasteiger partial charge on any atom is -0.490 e. The summed E-state index contributed by atoms with van der Waals surface area (Å²) in [5.41, 5.74) is 0.0479. The number of nitrogens with zero attached hydrogens (tertiary/aromatic N) is 2. The number of β-amino-alcohol motifs (C(OH)–C–C–N with tert-alkyl or cyclic N) is 1. The number of nitro groups is 1. The lowest BCUT2D eigenvalue weighted by Crippen LogP contribution is -2.42. The van der Waals surface area contributed by atoms with Crippen molar-refractivity contribution < 1.29 is 24.4 Å². The first-order chi connectivity index (χ1) is 11.0. The van der Waals surface area contributed by atoms with Gasteiger partial charge in [-0.3, -0.25) is 24.6 Å². The second-order valence-corrected chi connectivity index (χ2v) is 4.95. The first-order valence-electron chi connectivity index (χ1n) is 6.76. The molecule has 0 spiro atoms. The number of nitro benzene ring substituents is 1. The van der Waals surface area contributed by atoms with E-state index in [2.05, 4.69) is 0 Å². The first-order valence-corrected chi connectivity index (χ1v) is 6.76. The highest BCUT2D eigenvalue weighted by Gasteiger charge is 2.36. The zero-order valence-electron chi connectivity index (χ0n) is 12.1. The fourth-order valence-corrected chi connectivity index (χ4v) is 2.82. The van der Waals surface area contributed by atoms with Crippen LogP contribution in [0.4, 0.5) is 5.69 Å². The summed E-state index contributed by atoms with van der Waals surface area (Å²) < 4.78 is 5.04. The summed E-state index contributed by atoms with van der Waals surface area (Å²) in [4.78, 5) is 36.6. The zero-order chi connectivity index (χ0) is 16.7. The molecular formula is C15H12N2O6. The molecular weight excluding hydrogens is 304 g/mol. The van der Waals surface area contributed by atoms with Crippen LogP contribution in [-0.2, 0) is 0 Å². The highest BCUT2D eigenvalue weighted by molar-refractivity contribution is 6.26. The van der Waals surface area contributed by atoms with Crippen molar-refractivity contribution in [3.63, 3.8) is 0 Å². The van der Waals surface area contributed by atoms with Crippen molar-refractivity contribution in [3.8, 4) is 5.75 Å². The van der Waals surface area contributed by atoms with E-state index in [-0.39, 0.29) is 46.5 Å². The number of aliphatic hydroxyl groups is 1. The number of hydrogen-bond donors (Lipinski definition) is 1. The molecule has 0 saturated carbocycles. The Morgan fingerprint density at radius 3 is 2.57 bits per heavy atom. The Morgan fingerprint density at radius 1 is 1.26 bits per heavy atom. The lowest BCUT2D eigenvalue weighted by Gasteiger charge is -2.26. The third kappa shape index (κ3) is 2.03. The number of aliphatic hydroxyl groups excluding tert-OH is 1. The monoisotopic (exact) mass is 316 g/mol. The number of carbonyl (C=O) groups is 2. The minimum absolute atomic E-state index is 0.0544. The van der Waals surface area contributed by atoms with Crippen molar-refractivity contribution in [1.29, 1.82) is 0 Å². The molecule has 1 aliphatic heterocycles. The number of imide groups is 1. The molecule has 1 heterocycles. The largest absolute Gasteiger partial charge is 0.490 e. The SMILES string of the molecule is COc1cc2c3c(cccc3c1[N+](=O)[O-])C(=O)N(CCO)C2=O. The summed E-state index contributed by atoms with van der Waals surface area (Å²) in [6, 6.07) is 5.76. The van der Waals surface area contributed by atoms with Gasteiger partial charge in [-0.05, 0) is 12.1 Å². The Kier molecular flexibility index (Phi) is 3.45. The van der Waals surface area contributed by atoms with E-state index < -0.39 is 16.7 Å². The molecule has 0 aromatic heterocycles. The molecule has 2 amide bonds. The van der Waals surface area contributed by atoms with Crippen molar-refractivity contribution in [2.24, 2.45) is 0 Å². The molecule has 23 heavy (non-hydrogen) atoms. The van der Waals surface area contributed by atoms with Gasteiger partial charge in [-0.1, -0.05) is 6.07 Å². The summed E-state index contributed by atoms with van der Waals surface area (Å²) in [5.74, 6) is -1.25. The average molecular weight is 316 g/mol. The van der Waals surface area contributed by atoms with E-state index in [0.717, 1.165) is 4.90 Å². The Bertz CT molecular complexity index is 861. The van der Waals surface area contributed by atoms with Crippen molar-refractivity contribution in [2.75, 3.05) is 20.3 Å². The molecule has 0 saturated heterocycles. The van der Waals surface area contributed by atoms with Gasteiger partial charge in [-0.25, -0.2) is 0 Å². The van der Waals surface area contributed by atoms with Gasteiger partial charge in [0, 0.05) is 17.0 Å². The molecule has 118 valence electrons. The molecule has 3 rings (SSSR count). The van der Waals surface area contributed by atoms with E-state index in [4.69, 9.17) is 9.84 Å². The van der Waals surface area contributed by atoms with Gasteiger partial charge in [0.2, 0.25) is 0 Å². The van der Waals surface area contributed by atoms with Crippen LogP contribution in [0.1, 0.15) is 20.7 Å². The molecule has 8 heteroatoms. The summed E-state index contributed by atoms with van der Waals surface area (Å²) in [5, 5.41) is 20.8. The maximum absolute atomic E-state index is 12.5. The number of rotatable bonds is 4. The van der Waals surface area contributed by atoms with Gasteiger partial charge in [0.15, 0.2) is 5.75 Å². The fourth-order valence-electron chi connectivity index (χ4n) is 2.82. The molecule has 2 aromatic carbocycles. The first kappa shape index (κ1) is 14.9. The second-order valence-electron chi connectivity index (χ2n) is 4.95. The van der Waals surface area contributed by atoms with Crippen molar-refractivity contribution in [3.05, 3.63) is 45.5 Å². The molecule has 0 fully saturated rings. The number of benzene rings is 2. The van der Waals surface area contributed by atoms with E-state index in [9.17, 15) is 19.7 Å². The van der Waals surface area contributed by atoms with Crippen molar-refractivity contribution in [2.45, 2.75) is 0 Å². The van der Waals surface area contributed by atoms with Crippen LogP contribution in [0, 0.1) is 10.1 Å². The lowest BCUT2D eigenvalue weighted by atomic mass is 9.92. The molecule has 0 unspecified atom stereocenters. The zero-order valence-corrected chi connectivity index (χ0v) is 12.1. The number of amides is 2. The summed E-state index contributed by atoms with van der Waals surface area (Å²) >= 11 is 0. The topological polar surface area (TPSA) is 110 Å². The van der Waals surface area contributed by atoms with Gasteiger partial charge in [-0.2, -0.15) is 0 Å². The maximum atomic E-state index is 12.5. The van der Waals surface area contributed by atoms with E-state index >= 15 is 0 Å². The smallest absolute Gasteiger partial charge is 0.318 e. The third-order valence-corrected chi connectivity index (χ3v) is 3.77. The quantitative estimate of drug-likeness (QED) is 0.518. The predicted octanol–water partition coefficient (Wildman–Crippen LogP) is 1.34. The van der Waals surface area contributed by atoms with Gasteiger partial charge in [-0.15, -0.1) is 0 Å². The predicted molar refractivity (Wildman–Crippen MR) is 79.6 cm³/mol. The Balaban J connectivity index is 2.42. The van der Waals surface area contributed by atoms with E-state index in [1.54, 1.807) is 0 Å². The molecule has 0 bridgehead atoms. The molecule has 0 radical (unpaired) electrons. The molecule has 8 nitrogen and oxygen atoms in total. The standard InChI is InChI=1S/C15H12N2O6/c1-23-11-7-10-12-8(13(11)17(21)22)3-2-4-9(12)14(19)16(5-6-18)15(10)20/h2-4,7,18H,5-6H2,1H3. The number of methoxy groups -OCH3 is 1. The Hall–Kier alpha value is -3.00. The highest BCUT2D eigenvalue weighted by Crippen LogP contribution is 2.41. The van der Waals surface area contributed by atoms with Gasteiger partial charge in [0.05, 0.1) is 36.1 Å². The fraction of sp³-hybridized carbons (Fsp3) is 0.200. The molecule has 0 atom stereocenters. The van der Waals surface area contributed by atoms with Crippen molar-refractivity contribution >= 4 is 28.3 Å². The van der Waals surface area contributed by atoms with E-state index in [0.29, 0.717) is 0 Å². The maximum Gasteiger partial charge on any atom is 0.318 e. The Morgan fingerprint density at radius 2 is 1.96 bits per heavy atom. The second kappa shape index (κ2) is 5.33. The van der Waals surface area contributed by atoms with Gasteiger partial charge >= 0.3 is 5.69 Å². The van der Waals surface area contributed by atoms with Crippen molar-refractivity contribution in [1.82, 2.24) is 4.90 Å². The summed E-state index contributed by atoms with van der Waals surface area (Å²) in [6.07, 6.45) is 0. The summed E-state index contributed by atoms with van der Waals surface area (Å²) in [7, 11) is 1.27. The van der Waals surface area contributed by atoms with Crippen LogP contribution in [0.2, 0.25) is 0 Å². The van der Waals surface area contributed by atoms with E-state index in [1.165, 1.54) is 31.4 Å². The van der Waals surface area contributed by atoms with Crippen LogP contribution in [0.15, 0.2) is 24.3 Å². The minimum atomic E-state index is -0.610. The van der Waals surface area contributed by atoms with Crippen LogP contribution in [0.5, 0.6) is 5.75 Å². The molecule has 2 aromatic rings. The third-order valence-electron chi connectivity index (χ3n) is 3.77. The number of hydrogen-bond acceptors (Lipinski definition) is 6. The Labute approximate surface area is 130 Å². The highest BCUT2D eigenvalue weighted by atomic mass is 16.6. The number of ether oxygens (including phenoxy) is 1. The van der Waals surface area contributed by atoms with Gasteiger partial charge < -0.3 is 9.84 Å². The average Bonchev–Trinajstić information content (AvgIpc) is 2.55. The lowest BCUT2D eigenvalue weighted by molar-refractivity contribution is -0.383. The van der Waals surface area contributed by atoms with Crippen LogP contribution >= 0.6 is 0 Å². The van der Waals surface area contributed by atoms with Crippen LogP contribution in [-0.4, -0.2) is 47.0 Å². The molecule has 1 aliphatic rings. The van der Waals surface area contributed by atoms with Gasteiger partial charge in [0.25, 0.3) is 11.8 Å². The van der Waals surface area contributed by atoms with Crippen LogP contribution in [0.25, 0.3) is 10.8 Å². The van der Waals surface area contributed by atoms with Crippen LogP contribution in [0.3, 0.4) is 0 Å². The van der Waals surface area contributed by atoms with E-state index in [1.807, 2.05) is 0 Å². The van der Waals surface area contributed by atoms with Gasteiger partial charge in [0.1, 0.15) is 0 Å². The number of carbonyl (C=O) groups excluding carboxylic acids is 2. The molecule has 0 aliphatic carbocycles. The molecule has 1 N–H and O–H groups in total. The normalized spacial score (nSPS) is 13.6.